The number of hydrogen-bond acceptors (Lipinski definition) is 3. The van der Waals surface area contributed by atoms with Crippen molar-refractivity contribution >= 4 is 27.6 Å². The third-order valence-corrected chi connectivity index (χ3v) is 5.18. The third kappa shape index (κ3) is 4.09. The van der Waals surface area contributed by atoms with Crippen LogP contribution in [0.2, 0.25) is 0 Å². The van der Waals surface area contributed by atoms with Crippen LogP contribution in [-0.4, -0.2) is 9.97 Å². The summed E-state index contributed by atoms with van der Waals surface area (Å²) in [6.45, 7) is 0.519. The van der Waals surface area contributed by atoms with Gasteiger partial charge in [0.2, 0.25) is 0 Å². The number of rotatable bonds is 5. The van der Waals surface area contributed by atoms with Gasteiger partial charge in [0.1, 0.15) is 17.3 Å². The summed E-state index contributed by atoms with van der Waals surface area (Å²) >= 11 is 0. The van der Waals surface area contributed by atoms with E-state index < -0.39 is 11.7 Å². The Morgan fingerprint density at radius 1 is 0.812 bits per heavy atom. The predicted molar refractivity (Wildman–Crippen MR) is 119 cm³/mol. The van der Waals surface area contributed by atoms with Crippen LogP contribution in [0.1, 0.15) is 11.1 Å². The molecule has 2 heterocycles. The highest BCUT2D eigenvalue weighted by atomic mass is 19.4. The van der Waals surface area contributed by atoms with E-state index in [4.69, 9.17) is 4.74 Å². The minimum atomic E-state index is -4.37. The van der Waals surface area contributed by atoms with E-state index in [1.165, 1.54) is 12.1 Å². The van der Waals surface area contributed by atoms with Crippen molar-refractivity contribution in [1.82, 2.24) is 9.97 Å². The van der Waals surface area contributed by atoms with Gasteiger partial charge < -0.3 is 15.0 Å². The molecule has 2 aromatic heterocycles. The lowest BCUT2D eigenvalue weighted by molar-refractivity contribution is -0.137. The van der Waals surface area contributed by atoms with Gasteiger partial charge in [0.25, 0.3) is 0 Å². The monoisotopic (exact) mass is 433 g/mol. The van der Waals surface area contributed by atoms with Crippen LogP contribution >= 0.6 is 0 Å². The number of alkyl halides is 3. The zero-order chi connectivity index (χ0) is 22.1. The number of ether oxygens (including phenoxy) is 1. The van der Waals surface area contributed by atoms with E-state index in [1.54, 1.807) is 6.07 Å². The number of nitrogens with one attached hydrogen (secondary N) is 2. The van der Waals surface area contributed by atoms with Gasteiger partial charge >= 0.3 is 6.18 Å². The van der Waals surface area contributed by atoms with Gasteiger partial charge in [-0.05, 0) is 54.1 Å². The molecule has 0 aliphatic carbocycles. The predicted octanol–water partition coefficient (Wildman–Crippen LogP) is 7.14. The average molecular weight is 433 g/mol. The van der Waals surface area contributed by atoms with Crippen LogP contribution in [0.3, 0.4) is 0 Å². The first-order chi connectivity index (χ1) is 15.5. The second-order valence-corrected chi connectivity index (χ2v) is 7.41. The minimum Gasteiger partial charge on any atom is -0.457 e. The summed E-state index contributed by atoms with van der Waals surface area (Å²) in [4.78, 5) is 7.82. The van der Waals surface area contributed by atoms with Crippen LogP contribution in [0.5, 0.6) is 11.5 Å². The Morgan fingerprint density at radius 2 is 1.62 bits per heavy atom. The maximum Gasteiger partial charge on any atom is 0.416 e. The number of anilines is 1. The Labute approximate surface area is 181 Å². The number of fused-ring (bicyclic) bond motifs is 3. The number of nitrogens with zero attached hydrogens (tertiary/aromatic N) is 1. The van der Waals surface area contributed by atoms with E-state index in [2.05, 4.69) is 21.4 Å². The SMILES string of the molecule is FC(F)(F)c1ccc(Oc2cccc(CNc3cc4c(cn3)[nH]c3ccccc34)c2)cc1. The van der Waals surface area contributed by atoms with Crippen molar-refractivity contribution in [1.29, 1.82) is 0 Å². The molecular weight excluding hydrogens is 415 g/mol. The maximum absolute atomic E-state index is 12.7. The van der Waals surface area contributed by atoms with E-state index >= 15 is 0 Å². The quantitative estimate of drug-likeness (QED) is 0.310. The van der Waals surface area contributed by atoms with Crippen molar-refractivity contribution in [3.05, 3.63) is 96.2 Å². The normalized spacial score (nSPS) is 11.7. The van der Waals surface area contributed by atoms with Crippen LogP contribution in [0.4, 0.5) is 19.0 Å². The summed E-state index contributed by atoms with van der Waals surface area (Å²) in [5, 5.41) is 5.55. The maximum atomic E-state index is 12.7. The van der Waals surface area contributed by atoms with E-state index in [-0.39, 0.29) is 0 Å². The molecule has 32 heavy (non-hydrogen) atoms. The molecule has 5 aromatic rings. The first kappa shape index (κ1) is 19.9. The summed E-state index contributed by atoms with van der Waals surface area (Å²) < 4.78 is 43.9. The molecule has 4 nitrogen and oxygen atoms in total. The Balaban J connectivity index is 1.29. The third-order valence-electron chi connectivity index (χ3n) is 5.18. The first-order valence-corrected chi connectivity index (χ1v) is 10.0. The number of pyridine rings is 1. The van der Waals surface area contributed by atoms with Crippen LogP contribution in [0.25, 0.3) is 21.8 Å². The van der Waals surface area contributed by atoms with Gasteiger partial charge in [-0.15, -0.1) is 0 Å². The zero-order valence-corrected chi connectivity index (χ0v) is 16.8. The van der Waals surface area contributed by atoms with E-state index in [9.17, 15) is 13.2 Å². The fourth-order valence-corrected chi connectivity index (χ4v) is 3.61. The van der Waals surface area contributed by atoms with Gasteiger partial charge in [-0.1, -0.05) is 30.3 Å². The van der Waals surface area contributed by atoms with Crippen molar-refractivity contribution in [2.45, 2.75) is 12.7 Å². The summed E-state index contributed by atoms with van der Waals surface area (Å²) in [5.74, 6) is 1.63. The molecule has 0 spiro atoms. The van der Waals surface area contributed by atoms with Gasteiger partial charge in [-0.3, -0.25) is 0 Å². The highest BCUT2D eigenvalue weighted by molar-refractivity contribution is 6.07. The highest BCUT2D eigenvalue weighted by Crippen LogP contribution is 2.31. The number of para-hydroxylation sites is 1. The number of hydrogen-bond donors (Lipinski definition) is 2. The number of benzene rings is 3. The van der Waals surface area contributed by atoms with Crippen molar-refractivity contribution < 1.29 is 17.9 Å². The van der Waals surface area contributed by atoms with Gasteiger partial charge in [0.15, 0.2) is 0 Å². The van der Waals surface area contributed by atoms with Crippen LogP contribution in [-0.2, 0) is 12.7 Å². The number of halogens is 3. The standard InChI is InChI=1S/C25H18F3N3O/c26-25(27,28)17-8-10-18(11-9-17)32-19-5-3-4-16(12-19)14-29-24-13-21-20-6-1-2-7-22(20)31-23(21)15-30-24/h1-13,15,31H,14H2,(H,29,30). The lowest BCUT2D eigenvalue weighted by Crippen LogP contribution is -2.04. The largest absolute Gasteiger partial charge is 0.457 e. The second kappa shape index (κ2) is 7.92. The Hall–Kier alpha value is -4.00. The molecule has 7 heteroatoms. The molecule has 0 saturated heterocycles. The fraction of sp³-hybridized carbons (Fsp3) is 0.0800. The lowest BCUT2D eigenvalue weighted by atomic mass is 10.2. The Morgan fingerprint density at radius 3 is 2.44 bits per heavy atom. The summed E-state index contributed by atoms with van der Waals surface area (Å²) in [6.07, 6.45) is -2.56. The van der Waals surface area contributed by atoms with Crippen LogP contribution in [0.15, 0.2) is 85.1 Å². The van der Waals surface area contributed by atoms with Gasteiger partial charge in [0, 0.05) is 22.8 Å². The van der Waals surface area contributed by atoms with Gasteiger partial charge in [0.05, 0.1) is 17.3 Å². The topological polar surface area (TPSA) is 49.9 Å². The lowest BCUT2D eigenvalue weighted by Gasteiger charge is -2.11. The molecular formula is C25H18F3N3O. The van der Waals surface area contributed by atoms with E-state index in [1.807, 2.05) is 48.7 Å². The van der Waals surface area contributed by atoms with Crippen molar-refractivity contribution in [2.24, 2.45) is 0 Å². The minimum absolute atomic E-state index is 0.342. The van der Waals surface area contributed by atoms with Crippen LogP contribution < -0.4 is 10.1 Å². The van der Waals surface area contributed by atoms with Gasteiger partial charge in [-0.2, -0.15) is 13.2 Å². The fourth-order valence-electron chi connectivity index (χ4n) is 3.61. The van der Waals surface area contributed by atoms with Crippen molar-refractivity contribution in [3.63, 3.8) is 0 Å². The first-order valence-electron chi connectivity index (χ1n) is 10.0. The summed E-state index contributed by atoms with van der Waals surface area (Å²) in [7, 11) is 0. The van der Waals surface area contributed by atoms with Crippen LogP contribution in [0, 0.1) is 0 Å². The van der Waals surface area contributed by atoms with Gasteiger partial charge in [-0.25, -0.2) is 4.98 Å². The van der Waals surface area contributed by atoms with E-state index in [0.717, 1.165) is 45.3 Å². The molecule has 0 saturated carbocycles. The molecule has 3 aromatic carbocycles. The molecule has 0 fully saturated rings. The molecule has 0 bridgehead atoms. The average Bonchev–Trinajstić information content (AvgIpc) is 3.16. The molecule has 0 atom stereocenters. The van der Waals surface area contributed by atoms with Crippen molar-refractivity contribution in [3.8, 4) is 11.5 Å². The van der Waals surface area contributed by atoms with Crippen molar-refractivity contribution in [2.75, 3.05) is 5.32 Å². The molecule has 0 radical (unpaired) electrons. The summed E-state index contributed by atoms with van der Waals surface area (Å²) in [6, 6.07) is 22.1. The number of aromatic nitrogens is 2. The summed E-state index contributed by atoms with van der Waals surface area (Å²) in [5.41, 5.74) is 2.29. The second-order valence-electron chi connectivity index (χ2n) is 7.41. The molecule has 0 aliphatic rings. The Kier molecular flexibility index (Phi) is 4.93. The molecule has 0 amide bonds. The highest BCUT2D eigenvalue weighted by Gasteiger charge is 2.30. The molecule has 160 valence electrons. The molecule has 0 unspecified atom stereocenters. The number of H-pyrrole nitrogens is 1. The van der Waals surface area contributed by atoms with E-state index in [0.29, 0.717) is 18.0 Å². The molecule has 0 aliphatic heterocycles. The number of aromatic amines is 1. The Bertz CT molecular complexity index is 1390. The zero-order valence-electron chi connectivity index (χ0n) is 16.8. The molecule has 2 N–H and O–H groups in total. The molecule has 5 rings (SSSR count). The smallest absolute Gasteiger partial charge is 0.416 e.